The van der Waals surface area contributed by atoms with Crippen LogP contribution in [0.15, 0.2) is 18.2 Å². The molecule has 7 heteroatoms. The van der Waals surface area contributed by atoms with Crippen LogP contribution in [0.3, 0.4) is 0 Å². The molecule has 0 unspecified atom stereocenters. The van der Waals surface area contributed by atoms with Crippen LogP contribution in [-0.4, -0.2) is 44.1 Å². The summed E-state index contributed by atoms with van der Waals surface area (Å²) >= 11 is 0. The minimum atomic E-state index is -0.475. The number of nitrogens with one attached hydrogen (secondary N) is 1. The molecule has 1 aliphatic rings. The van der Waals surface area contributed by atoms with E-state index in [1.807, 2.05) is 19.1 Å². The average Bonchev–Trinajstić information content (AvgIpc) is 2.60. The lowest BCUT2D eigenvalue weighted by molar-refractivity contribution is -0.126. The van der Waals surface area contributed by atoms with Gasteiger partial charge in [0.1, 0.15) is 11.5 Å². The van der Waals surface area contributed by atoms with Crippen molar-refractivity contribution in [3.8, 4) is 11.5 Å². The highest BCUT2D eigenvalue weighted by atomic mass is 16.5. The van der Waals surface area contributed by atoms with Crippen molar-refractivity contribution in [1.82, 2.24) is 10.2 Å². The van der Waals surface area contributed by atoms with Gasteiger partial charge >= 0.3 is 6.03 Å². The van der Waals surface area contributed by atoms with Crippen LogP contribution in [-0.2, 0) is 4.79 Å². The molecule has 0 bridgehead atoms. The fraction of sp³-hybridized carbons (Fsp3) is 0.529. The first-order valence-electron chi connectivity index (χ1n) is 8.03. The van der Waals surface area contributed by atoms with E-state index in [4.69, 9.17) is 15.2 Å². The zero-order chi connectivity index (χ0) is 17.7. The SMILES string of the molecule is COc1ccc([C@@H](C)NC(=O)[C@@H]2CCCN(C(N)=O)C2)c(OC)c1. The van der Waals surface area contributed by atoms with Gasteiger partial charge in [0, 0.05) is 24.7 Å². The first kappa shape index (κ1) is 17.9. The Labute approximate surface area is 142 Å². The molecule has 2 atom stereocenters. The quantitative estimate of drug-likeness (QED) is 0.856. The van der Waals surface area contributed by atoms with Crippen LogP contribution in [0.1, 0.15) is 31.4 Å². The summed E-state index contributed by atoms with van der Waals surface area (Å²) in [5.74, 6) is 1.03. The summed E-state index contributed by atoms with van der Waals surface area (Å²) in [5, 5.41) is 3.00. The lowest BCUT2D eigenvalue weighted by atomic mass is 9.96. The van der Waals surface area contributed by atoms with Gasteiger partial charge in [-0.3, -0.25) is 4.79 Å². The Morgan fingerprint density at radius 3 is 2.71 bits per heavy atom. The van der Waals surface area contributed by atoms with Crippen molar-refractivity contribution >= 4 is 11.9 Å². The molecule has 1 aromatic carbocycles. The summed E-state index contributed by atoms with van der Waals surface area (Å²) in [5.41, 5.74) is 6.18. The molecule has 0 aliphatic carbocycles. The number of nitrogens with zero attached hydrogens (tertiary/aromatic N) is 1. The van der Waals surface area contributed by atoms with E-state index in [0.29, 0.717) is 24.6 Å². The van der Waals surface area contributed by atoms with Crippen molar-refractivity contribution in [2.45, 2.75) is 25.8 Å². The Morgan fingerprint density at radius 1 is 1.33 bits per heavy atom. The number of rotatable bonds is 5. The number of carbonyl (C=O) groups is 2. The van der Waals surface area contributed by atoms with E-state index in [0.717, 1.165) is 18.4 Å². The third-order valence-electron chi connectivity index (χ3n) is 4.37. The first-order valence-corrected chi connectivity index (χ1v) is 8.03. The second kappa shape index (κ2) is 7.90. The number of carbonyl (C=O) groups excluding carboxylic acids is 2. The molecule has 24 heavy (non-hydrogen) atoms. The van der Waals surface area contributed by atoms with Gasteiger partial charge in [-0.2, -0.15) is 0 Å². The Kier molecular flexibility index (Phi) is 5.89. The number of nitrogens with two attached hydrogens (primary N) is 1. The number of urea groups is 1. The van der Waals surface area contributed by atoms with Crippen LogP contribution in [0.5, 0.6) is 11.5 Å². The molecule has 3 amide bonds. The number of methoxy groups -OCH3 is 2. The minimum absolute atomic E-state index is 0.0775. The predicted molar refractivity (Wildman–Crippen MR) is 90.0 cm³/mol. The summed E-state index contributed by atoms with van der Waals surface area (Å²) in [6, 6.07) is 4.79. The maximum absolute atomic E-state index is 12.5. The monoisotopic (exact) mass is 335 g/mol. The molecule has 1 heterocycles. The summed E-state index contributed by atoms with van der Waals surface area (Å²) in [6.45, 7) is 2.88. The Morgan fingerprint density at radius 2 is 2.08 bits per heavy atom. The molecule has 132 valence electrons. The van der Waals surface area contributed by atoms with Gasteiger partial charge in [-0.05, 0) is 31.9 Å². The lowest BCUT2D eigenvalue weighted by Gasteiger charge is -2.31. The van der Waals surface area contributed by atoms with Gasteiger partial charge in [-0.15, -0.1) is 0 Å². The number of piperidine rings is 1. The third kappa shape index (κ3) is 4.10. The predicted octanol–water partition coefficient (Wildman–Crippen LogP) is 1.67. The standard InChI is InChI=1S/C17H25N3O4/c1-11(14-7-6-13(23-2)9-15(14)24-3)19-16(21)12-5-4-8-20(10-12)17(18)22/h6-7,9,11-12H,4-5,8,10H2,1-3H3,(H2,18,22)(H,19,21)/t11-,12-/m1/s1. The minimum Gasteiger partial charge on any atom is -0.497 e. The van der Waals surface area contributed by atoms with E-state index in [2.05, 4.69) is 5.32 Å². The van der Waals surface area contributed by atoms with Crippen molar-refractivity contribution in [3.05, 3.63) is 23.8 Å². The zero-order valence-corrected chi connectivity index (χ0v) is 14.4. The highest BCUT2D eigenvalue weighted by Crippen LogP contribution is 2.29. The smallest absolute Gasteiger partial charge is 0.314 e. The van der Waals surface area contributed by atoms with Gasteiger partial charge < -0.3 is 25.4 Å². The van der Waals surface area contributed by atoms with Crippen molar-refractivity contribution in [3.63, 3.8) is 0 Å². The molecule has 1 aromatic rings. The molecule has 0 radical (unpaired) electrons. The Hall–Kier alpha value is -2.44. The topological polar surface area (TPSA) is 93.9 Å². The number of hydrogen-bond acceptors (Lipinski definition) is 4. The highest BCUT2D eigenvalue weighted by molar-refractivity contribution is 5.81. The van der Waals surface area contributed by atoms with Gasteiger partial charge in [0.15, 0.2) is 0 Å². The first-order chi connectivity index (χ1) is 11.5. The maximum Gasteiger partial charge on any atom is 0.314 e. The molecule has 1 saturated heterocycles. The average molecular weight is 335 g/mol. The molecule has 3 N–H and O–H groups in total. The van der Waals surface area contributed by atoms with Crippen molar-refractivity contribution < 1.29 is 19.1 Å². The summed E-state index contributed by atoms with van der Waals surface area (Å²) in [7, 11) is 3.17. The van der Waals surface area contributed by atoms with Crippen molar-refractivity contribution in [2.24, 2.45) is 11.7 Å². The summed E-state index contributed by atoms with van der Waals surface area (Å²) < 4.78 is 10.6. The molecule has 0 spiro atoms. The van der Waals surface area contributed by atoms with Gasteiger partial charge in [0.2, 0.25) is 5.91 Å². The van der Waals surface area contributed by atoms with Gasteiger partial charge in [0.05, 0.1) is 26.2 Å². The number of ether oxygens (including phenoxy) is 2. The maximum atomic E-state index is 12.5. The molecule has 0 aromatic heterocycles. The second-order valence-corrected chi connectivity index (χ2v) is 5.96. The normalized spacial score (nSPS) is 18.6. The summed E-state index contributed by atoms with van der Waals surface area (Å²) in [6.07, 6.45) is 1.53. The van der Waals surface area contributed by atoms with E-state index >= 15 is 0 Å². The van der Waals surface area contributed by atoms with Crippen LogP contribution in [0.2, 0.25) is 0 Å². The molecule has 7 nitrogen and oxygen atoms in total. The number of likely N-dealkylation sites (tertiary alicyclic amines) is 1. The van der Waals surface area contributed by atoms with Crippen LogP contribution >= 0.6 is 0 Å². The molecule has 1 fully saturated rings. The second-order valence-electron chi connectivity index (χ2n) is 5.96. The number of amides is 3. The molecule has 0 saturated carbocycles. The van der Waals surface area contributed by atoms with E-state index in [1.54, 1.807) is 20.3 Å². The van der Waals surface area contributed by atoms with E-state index in [1.165, 1.54) is 4.90 Å². The van der Waals surface area contributed by atoms with Crippen LogP contribution in [0, 0.1) is 5.92 Å². The van der Waals surface area contributed by atoms with Gasteiger partial charge in [0.25, 0.3) is 0 Å². The molecule has 1 aliphatic heterocycles. The molecular formula is C17H25N3O4. The van der Waals surface area contributed by atoms with Crippen LogP contribution in [0.4, 0.5) is 4.79 Å². The fourth-order valence-electron chi connectivity index (χ4n) is 2.98. The van der Waals surface area contributed by atoms with Crippen LogP contribution in [0.25, 0.3) is 0 Å². The molecular weight excluding hydrogens is 310 g/mol. The number of primary amides is 1. The van der Waals surface area contributed by atoms with Crippen molar-refractivity contribution in [2.75, 3.05) is 27.3 Å². The highest BCUT2D eigenvalue weighted by Gasteiger charge is 2.28. The van der Waals surface area contributed by atoms with Gasteiger partial charge in [-0.1, -0.05) is 0 Å². The zero-order valence-electron chi connectivity index (χ0n) is 14.4. The van der Waals surface area contributed by atoms with Crippen LogP contribution < -0.4 is 20.5 Å². The van der Waals surface area contributed by atoms with E-state index in [-0.39, 0.29) is 17.9 Å². The van der Waals surface area contributed by atoms with E-state index in [9.17, 15) is 9.59 Å². The third-order valence-corrected chi connectivity index (χ3v) is 4.37. The summed E-state index contributed by atoms with van der Waals surface area (Å²) in [4.78, 5) is 25.3. The Bertz CT molecular complexity index is 605. The molecule has 2 rings (SSSR count). The van der Waals surface area contributed by atoms with E-state index < -0.39 is 6.03 Å². The Balaban J connectivity index is 2.04. The number of hydrogen-bond donors (Lipinski definition) is 2. The number of benzene rings is 1. The lowest BCUT2D eigenvalue weighted by Crippen LogP contribution is -2.47. The van der Waals surface area contributed by atoms with Crippen molar-refractivity contribution in [1.29, 1.82) is 0 Å². The van der Waals surface area contributed by atoms with Gasteiger partial charge in [-0.25, -0.2) is 4.79 Å². The fourth-order valence-corrected chi connectivity index (χ4v) is 2.98. The largest absolute Gasteiger partial charge is 0.497 e.